The van der Waals surface area contributed by atoms with Crippen LogP contribution in [0.4, 0.5) is 0 Å². The third-order valence-corrected chi connectivity index (χ3v) is 3.07. The van der Waals surface area contributed by atoms with Crippen molar-refractivity contribution in [1.29, 1.82) is 0 Å². The Kier molecular flexibility index (Phi) is 5.09. The van der Waals surface area contributed by atoms with Crippen molar-refractivity contribution in [3.63, 3.8) is 0 Å². The van der Waals surface area contributed by atoms with Crippen molar-refractivity contribution in [3.8, 4) is 0 Å². The first-order valence-electron chi connectivity index (χ1n) is 6.08. The molecule has 1 unspecified atom stereocenters. The highest BCUT2D eigenvalue weighted by Gasteiger charge is 2.37. The van der Waals surface area contributed by atoms with Gasteiger partial charge in [0.25, 0.3) is 0 Å². The summed E-state index contributed by atoms with van der Waals surface area (Å²) in [5.41, 5.74) is 4.53. The molecule has 0 radical (unpaired) electrons. The Bertz CT molecular complexity index is 445. The van der Waals surface area contributed by atoms with Crippen molar-refractivity contribution >= 4 is 11.7 Å². The van der Waals surface area contributed by atoms with Gasteiger partial charge >= 0.3 is 5.97 Å². The molecule has 0 aromatic carbocycles. The molecule has 3 atom stereocenters. The van der Waals surface area contributed by atoms with E-state index in [1.807, 2.05) is 0 Å². The number of allylic oxidation sites excluding steroid dienone is 1. The highest BCUT2D eigenvalue weighted by Crippen LogP contribution is 2.29. The lowest BCUT2D eigenvalue weighted by Gasteiger charge is -2.32. The second-order valence-corrected chi connectivity index (χ2v) is 4.89. The predicted octanol–water partition coefficient (Wildman–Crippen LogP) is -1.40. The molecule has 0 saturated carbocycles. The fourth-order valence-electron chi connectivity index (χ4n) is 2.08. The molecule has 0 aromatic rings. The number of carboxylic acid groups (broad SMARTS) is 1. The van der Waals surface area contributed by atoms with E-state index in [0.29, 0.717) is 0 Å². The number of aliphatic hydroxyl groups is 3. The average Bonchev–Trinajstić information content (AvgIpc) is 2.34. The zero-order valence-electron chi connectivity index (χ0n) is 11.4. The lowest BCUT2D eigenvalue weighted by Crippen LogP contribution is -2.43. The Balaban J connectivity index is 3.24. The maximum Gasteiger partial charge on any atom is 0.331 e. The van der Waals surface area contributed by atoms with Crippen molar-refractivity contribution in [2.24, 2.45) is 10.7 Å². The number of nitrogens with zero attached hydrogens (tertiary/aromatic N) is 1. The number of aliphatic imine (C=N–C) groups is 1. The zero-order valence-corrected chi connectivity index (χ0v) is 11.4. The SMILES string of the molecule is COC1=C(N)C[C@@](O)(CO)CC1=N[C@H](C(=O)O)C(C)O. The van der Waals surface area contributed by atoms with Gasteiger partial charge in [0.05, 0.1) is 36.8 Å². The van der Waals surface area contributed by atoms with Gasteiger partial charge in [0.1, 0.15) is 0 Å². The molecule has 1 aliphatic carbocycles. The minimum Gasteiger partial charge on any atom is -0.493 e. The van der Waals surface area contributed by atoms with Crippen molar-refractivity contribution in [3.05, 3.63) is 11.5 Å². The van der Waals surface area contributed by atoms with Crippen molar-refractivity contribution in [2.75, 3.05) is 13.7 Å². The molecule has 0 bridgehead atoms. The summed E-state index contributed by atoms with van der Waals surface area (Å²) in [4.78, 5) is 15.0. The van der Waals surface area contributed by atoms with E-state index in [-0.39, 0.29) is 30.0 Å². The van der Waals surface area contributed by atoms with E-state index in [4.69, 9.17) is 15.6 Å². The summed E-state index contributed by atoms with van der Waals surface area (Å²) in [5, 5.41) is 37.8. The summed E-state index contributed by atoms with van der Waals surface area (Å²) >= 11 is 0. The van der Waals surface area contributed by atoms with E-state index < -0.39 is 30.3 Å². The summed E-state index contributed by atoms with van der Waals surface area (Å²) in [6.07, 6.45) is -1.33. The van der Waals surface area contributed by atoms with E-state index in [1.54, 1.807) is 0 Å². The molecule has 6 N–H and O–H groups in total. The summed E-state index contributed by atoms with van der Waals surface area (Å²) in [6.45, 7) is 0.750. The lowest BCUT2D eigenvalue weighted by molar-refractivity contribution is -0.140. The van der Waals surface area contributed by atoms with Crippen LogP contribution in [0.1, 0.15) is 19.8 Å². The molecular formula is C12H20N2O6. The van der Waals surface area contributed by atoms with Crippen LogP contribution in [0.5, 0.6) is 0 Å². The molecule has 1 rings (SSSR count). The number of nitrogens with two attached hydrogens (primary N) is 1. The van der Waals surface area contributed by atoms with Crippen LogP contribution in [0.25, 0.3) is 0 Å². The molecule has 0 aromatic heterocycles. The Morgan fingerprint density at radius 3 is 2.55 bits per heavy atom. The smallest absolute Gasteiger partial charge is 0.331 e. The molecule has 0 heterocycles. The molecule has 0 saturated heterocycles. The molecular weight excluding hydrogens is 268 g/mol. The standard InChI is InChI=1S/C12H20N2O6/c1-6(16)9(11(17)18)14-8-4-12(19,5-15)3-7(13)10(8)20-2/h6,9,15-16,19H,3-5,13H2,1-2H3,(H,17,18)/t6?,9-,12-/m0/s1. The minimum absolute atomic E-state index is 0.00188. The molecule has 8 nitrogen and oxygen atoms in total. The minimum atomic E-state index is -1.51. The number of hydrogen-bond acceptors (Lipinski definition) is 7. The van der Waals surface area contributed by atoms with Gasteiger partial charge < -0.3 is 30.9 Å². The first-order valence-corrected chi connectivity index (χ1v) is 6.08. The Labute approximate surface area is 116 Å². The van der Waals surface area contributed by atoms with Crippen LogP contribution in [0.3, 0.4) is 0 Å². The van der Waals surface area contributed by atoms with Gasteiger partial charge in [0.15, 0.2) is 11.8 Å². The van der Waals surface area contributed by atoms with Gasteiger partial charge in [0, 0.05) is 12.8 Å². The van der Waals surface area contributed by atoms with Crippen LogP contribution in [-0.4, -0.2) is 63.6 Å². The number of aliphatic carboxylic acids is 1. The zero-order chi connectivity index (χ0) is 15.5. The third kappa shape index (κ3) is 3.47. The summed E-state index contributed by atoms with van der Waals surface area (Å²) in [5.74, 6) is -1.13. The normalized spacial score (nSPS) is 28.4. The largest absolute Gasteiger partial charge is 0.493 e. The van der Waals surface area contributed by atoms with Gasteiger partial charge in [-0.25, -0.2) is 4.79 Å². The molecule has 1 aliphatic rings. The third-order valence-electron chi connectivity index (χ3n) is 3.07. The molecule has 0 amide bonds. The van der Waals surface area contributed by atoms with Gasteiger partial charge in [-0.05, 0) is 6.92 Å². The van der Waals surface area contributed by atoms with Crippen LogP contribution in [-0.2, 0) is 9.53 Å². The highest BCUT2D eigenvalue weighted by molar-refractivity contribution is 6.01. The van der Waals surface area contributed by atoms with E-state index in [2.05, 4.69) is 4.99 Å². The maximum atomic E-state index is 11.1. The number of hydrogen-bond donors (Lipinski definition) is 5. The molecule has 0 spiro atoms. The van der Waals surface area contributed by atoms with E-state index in [9.17, 15) is 20.1 Å². The number of rotatable bonds is 5. The van der Waals surface area contributed by atoms with Gasteiger partial charge in [-0.15, -0.1) is 0 Å². The number of carboxylic acids is 1. The summed E-state index contributed by atoms with van der Waals surface area (Å²) in [6, 6.07) is -1.40. The van der Waals surface area contributed by atoms with Crippen LogP contribution >= 0.6 is 0 Å². The Morgan fingerprint density at radius 2 is 2.15 bits per heavy atom. The van der Waals surface area contributed by atoms with Crippen molar-refractivity contribution < 1.29 is 30.0 Å². The molecule has 0 fully saturated rings. The molecule has 0 aliphatic heterocycles. The van der Waals surface area contributed by atoms with E-state index >= 15 is 0 Å². The van der Waals surface area contributed by atoms with Crippen molar-refractivity contribution in [1.82, 2.24) is 0 Å². The fraction of sp³-hybridized carbons (Fsp3) is 0.667. The van der Waals surface area contributed by atoms with Crippen LogP contribution in [0.2, 0.25) is 0 Å². The van der Waals surface area contributed by atoms with Crippen molar-refractivity contribution in [2.45, 2.75) is 37.5 Å². The first kappa shape index (κ1) is 16.4. The van der Waals surface area contributed by atoms with E-state index in [0.717, 1.165) is 0 Å². The van der Waals surface area contributed by atoms with Gasteiger partial charge in [-0.3, -0.25) is 4.99 Å². The highest BCUT2D eigenvalue weighted by atomic mass is 16.5. The average molecular weight is 288 g/mol. The number of carbonyl (C=O) groups is 1. The Hall–Kier alpha value is -1.64. The monoisotopic (exact) mass is 288 g/mol. The topological polar surface area (TPSA) is 146 Å². The second kappa shape index (κ2) is 6.21. The molecule has 8 heteroatoms. The van der Waals surface area contributed by atoms with Crippen LogP contribution < -0.4 is 5.73 Å². The number of aliphatic hydroxyl groups excluding tert-OH is 2. The van der Waals surface area contributed by atoms with Gasteiger partial charge in [0.2, 0.25) is 0 Å². The van der Waals surface area contributed by atoms with E-state index in [1.165, 1.54) is 14.0 Å². The summed E-state index contributed by atoms with van der Waals surface area (Å²) in [7, 11) is 1.35. The number of ether oxygens (including phenoxy) is 1. The van der Waals surface area contributed by atoms with Gasteiger partial charge in [-0.1, -0.05) is 0 Å². The summed E-state index contributed by atoms with van der Waals surface area (Å²) < 4.78 is 5.07. The Morgan fingerprint density at radius 1 is 1.55 bits per heavy atom. The molecule has 114 valence electrons. The predicted molar refractivity (Wildman–Crippen MR) is 70.0 cm³/mol. The fourth-order valence-corrected chi connectivity index (χ4v) is 2.08. The molecule has 20 heavy (non-hydrogen) atoms. The number of methoxy groups -OCH3 is 1. The maximum absolute atomic E-state index is 11.1. The van der Waals surface area contributed by atoms with Crippen LogP contribution in [0, 0.1) is 0 Å². The van der Waals surface area contributed by atoms with Crippen LogP contribution in [0.15, 0.2) is 16.4 Å². The second-order valence-electron chi connectivity index (χ2n) is 4.89. The van der Waals surface area contributed by atoms with Gasteiger partial charge in [-0.2, -0.15) is 0 Å². The first-order chi connectivity index (χ1) is 9.24. The quantitative estimate of drug-likeness (QED) is 0.418. The lowest BCUT2D eigenvalue weighted by atomic mass is 9.85.